The van der Waals surface area contributed by atoms with E-state index in [1.807, 2.05) is 42.6 Å². The number of aromatic hydroxyl groups is 1. The quantitative estimate of drug-likeness (QED) is 0.698. The van der Waals surface area contributed by atoms with Gasteiger partial charge in [-0.25, -0.2) is 4.98 Å². The molecule has 0 aliphatic heterocycles. The third kappa shape index (κ3) is 3.58. The van der Waals surface area contributed by atoms with Crippen LogP contribution in [0.4, 0.5) is 5.95 Å². The van der Waals surface area contributed by atoms with Gasteiger partial charge in [-0.15, -0.1) is 0 Å². The van der Waals surface area contributed by atoms with E-state index in [9.17, 15) is 5.11 Å². The predicted molar refractivity (Wildman–Crippen MR) is 95.0 cm³/mol. The molecule has 3 rings (SSSR count). The molecule has 0 aliphatic rings. The molecular formula is C19H21N3O2. The molecule has 24 heavy (non-hydrogen) atoms. The normalized spacial score (nSPS) is 10.7. The van der Waals surface area contributed by atoms with Crippen molar-refractivity contribution in [1.29, 1.82) is 0 Å². The number of para-hydroxylation sites is 1. The van der Waals surface area contributed by atoms with Crippen LogP contribution in [0.3, 0.4) is 0 Å². The van der Waals surface area contributed by atoms with Crippen LogP contribution < -0.4 is 5.32 Å². The Morgan fingerprint density at radius 1 is 1.08 bits per heavy atom. The van der Waals surface area contributed by atoms with Gasteiger partial charge in [0, 0.05) is 25.8 Å². The summed E-state index contributed by atoms with van der Waals surface area (Å²) in [6.07, 6.45) is 1.86. The molecule has 0 amide bonds. The summed E-state index contributed by atoms with van der Waals surface area (Å²) in [6.45, 7) is 1.80. The van der Waals surface area contributed by atoms with E-state index >= 15 is 0 Å². The molecule has 2 N–H and O–H groups in total. The number of hydrogen-bond donors (Lipinski definition) is 2. The molecule has 5 heteroatoms. The highest BCUT2D eigenvalue weighted by molar-refractivity contribution is 5.61. The van der Waals surface area contributed by atoms with Gasteiger partial charge in [-0.05, 0) is 11.6 Å². The van der Waals surface area contributed by atoms with Gasteiger partial charge in [0.25, 0.3) is 0 Å². The Morgan fingerprint density at radius 3 is 2.58 bits per heavy atom. The molecule has 1 aromatic heterocycles. The van der Waals surface area contributed by atoms with Crippen molar-refractivity contribution in [2.24, 2.45) is 0 Å². The van der Waals surface area contributed by atoms with Crippen LogP contribution in [0.2, 0.25) is 0 Å². The van der Waals surface area contributed by atoms with Crippen LogP contribution in [0.5, 0.6) is 5.75 Å². The summed E-state index contributed by atoms with van der Waals surface area (Å²) < 4.78 is 7.32. The molecule has 0 saturated heterocycles. The van der Waals surface area contributed by atoms with Gasteiger partial charge in [-0.1, -0.05) is 48.5 Å². The molecule has 0 unspecified atom stereocenters. The number of phenols is 1. The second kappa shape index (κ2) is 7.66. The first-order chi connectivity index (χ1) is 11.8. The number of ether oxygens (including phenoxy) is 1. The first-order valence-electron chi connectivity index (χ1n) is 7.90. The second-order valence-corrected chi connectivity index (χ2v) is 5.46. The topological polar surface area (TPSA) is 59.3 Å². The van der Waals surface area contributed by atoms with Crippen LogP contribution in [0.25, 0.3) is 11.3 Å². The number of benzene rings is 2. The zero-order valence-corrected chi connectivity index (χ0v) is 13.6. The van der Waals surface area contributed by atoms with Crippen molar-refractivity contribution in [3.05, 3.63) is 66.4 Å². The summed E-state index contributed by atoms with van der Waals surface area (Å²) in [5, 5.41) is 13.2. The summed E-state index contributed by atoms with van der Waals surface area (Å²) in [6, 6.07) is 17.4. The average Bonchev–Trinajstić information content (AvgIpc) is 3.03. The fraction of sp³-hybridized carbons (Fsp3) is 0.211. The zero-order chi connectivity index (χ0) is 16.8. The highest BCUT2D eigenvalue weighted by Gasteiger charge is 2.12. The van der Waals surface area contributed by atoms with Gasteiger partial charge in [-0.3, -0.25) is 0 Å². The van der Waals surface area contributed by atoms with Crippen molar-refractivity contribution in [3.8, 4) is 17.0 Å². The molecule has 0 atom stereocenters. The van der Waals surface area contributed by atoms with Crippen molar-refractivity contribution in [2.45, 2.75) is 13.1 Å². The van der Waals surface area contributed by atoms with E-state index in [1.54, 1.807) is 13.2 Å². The Hall–Kier alpha value is -2.79. The molecular weight excluding hydrogens is 302 g/mol. The maximum absolute atomic E-state index is 9.90. The number of nitrogens with zero attached hydrogens (tertiary/aromatic N) is 2. The molecule has 124 valence electrons. The van der Waals surface area contributed by atoms with Crippen molar-refractivity contribution >= 4 is 5.95 Å². The zero-order valence-electron chi connectivity index (χ0n) is 13.6. The minimum atomic E-state index is 0.281. The molecule has 0 bridgehead atoms. The Labute approximate surface area is 141 Å². The van der Waals surface area contributed by atoms with Gasteiger partial charge in [0.05, 0.1) is 18.5 Å². The van der Waals surface area contributed by atoms with E-state index < -0.39 is 0 Å². The Morgan fingerprint density at radius 2 is 1.83 bits per heavy atom. The van der Waals surface area contributed by atoms with Crippen LogP contribution >= 0.6 is 0 Å². The van der Waals surface area contributed by atoms with E-state index in [-0.39, 0.29) is 5.75 Å². The number of anilines is 1. The highest BCUT2D eigenvalue weighted by atomic mass is 16.5. The highest BCUT2D eigenvalue weighted by Crippen LogP contribution is 2.24. The van der Waals surface area contributed by atoms with Crippen molar-refractivity contribution in [3.63, 3.8) is 0 Å². The van der Waals surface area contributed by atoms with E-state index in [1.165, 1.54) is 0 Å². The van der Waals surface area contributed by atoms with Crippen molar-refractivity contribution in [1.82, 2.24) is 9.55 Å². The number of hydrogen-bond acceptors (Lipinski definition) is 4. The molecule has 5 nitrogen and oxygen atoms in total. The van der Waals surface area contributed by atoms with Gasteiger partial charge in [0.1, 0.15) is 5.75 Å². The molecule has 3 aromatic rings. The molecule has 0 spiro atoms. The number of phenolic OH excluding ortho intramolecular Hbond substituents is 1. The SMILES string of the molecule is COCCn1c(-c2ccccc2)cnc1NCc1ccccc1O. The summed E-state index contributed by atoms with van der Waals surface area (Å²) in [4.78, 5) is 4.50. The third-order valence-electron chi connectivity index (χ3n) is 3.87. The Kier molecular flexibility index (Phi) is 5.13. The maximum atomic E-state index is 9.90. The fourth-order valence-corrected chi connectivity index (χ4v) is 2.60. The van der Waals surface area contributed by atoms with E-state index in [2.05, 4.69) is 27.0 Å². The maximum Gasteiger partial charge on any atom is 0.203 e. The van der Waals surface area contributed by atoms with E-state index in [4.69, 9.17) is 4.74 Å². The minimum Gasteiger partial charge on any atom is -0.508 e. The lowest BCUT2D eigenvalue weighted by atomic mass is 10.2. The fourth-order valence-electron chi connectivity index (χ4n) is 2.60. The predicted octanol–water partition coefficient (Wildman–Crippen LogP) is 3.51. The first-order valence-corrected chi connectivity index (χ1v) is 7.90. The molecule has 0 radical (unpaired) electrons. The largest absolute Gasteiger partial charge is 0.508 e. The summed E-state index contributed by atoms with van der Waals surface area (Å²) in [5.41, 5.74) is 2.98. The van der Waals surface area contributed by atoms with Crippen LogP contribution in [-0.4, -0.2) is 28.4 Å². The van der Waals surface area contributed by atoms with Crippen LogP contribution in [-0.2, 0) is 17.8 Å². The van der Waals surface area contributed by atoms with Crippen LogP contribution in [0, 0.1) is 0 Å². The monoisotopic (exact) mass is 323 g/mol. The average molecular weight is 323 g/mol. The molecule has 0 aliphatic carbocycles. The standard InChI is InChI=1S/C19H21N3O2/c1-24-12-11-22-17(15-7-3-2-4-8-15)14-21-19(22)20-13-16-9-5-6-10-18(16)23/h2-10,14,23H,11-13H2,1H3,(H,20,21). The van der Waals surface area contributed by atoms with Gasteiger partial charge >= 0.3 is 0 Å². The van der Waals surface area contributed by atoms with Crippen molar-refractivity contribution < 1.29 is 9.84 Å². The van der Waals surface area contributed by atoms with Crippen molar-refractivity contribution in [2.75, 3.05) is 19.0 Å². The minimum absolute atomic E-state index is 0.281. The number of nitrogens with one attached hydrogen (secondary N) is 1. The summed E-state index contributed by atoms with van der Waals surface area (Å²) in [7, 11) is 1.69. The van der Waals surface area contributed by atoms with Gasteiger partial charge in [0.15, 0.2) is 0 Å². The van der Waals surface area contributed by atoms with E-state index in [0.29, 0.717) is 19.7 Å². The van der Waals surface area contributed by atoms with Gasteiger partial charge in [0.2, 0.25) is 5.95 Å². The van der Waals surface area contributed by atoms with Gasteiger partial charge in [-0.2, -0.15) is 0 Å². The summed E-state index contributed by atoms with van der Waals surface area (Å²) in [5.74, 6) is 1.04. The number of aromatic nitrogens is 2. The van der Waals surface area contributed by atoms with Gasteiger partial charge < -0.3 is 19.7 Å². The second-order valence-electron chi connectivity index (χ2n) is 5.46. The lowest BCUT2D eigenvalue weighted by Gasteiger charge is -2.13. The molecule has 1 heterocycles. The Balaban J connectivity index is 1.85. The molecule has 0 fully saturated rings. The number of rotatable bonds is 7. The number of methoxy groups -OCH3 is 1. The number of imidazole rings is 1. The molecule has 0 saturated carbocycles. The first kappa shape index (κ1) is 16.1. The summed E-state index contributed by atoms with van der Waals surface area (Å²) >= 11 is 0. The van der Waals surface area contributed by atoms with Crippen LogP contribution in [0.15, 0.2) is 60.8 Å². The van der Waals surface area contributed by atoms with E-state index in [0.717, 1.165) is 22.8 Å². The lowest BCUT2D eigenvalue weighted by Crippen LogP contribution is -2.11. The smallest absolute Gasteiger partial charge is 0.203 e. The molecule has 2 aromatic carbocycles. The third-order valence-corrected chi connectivity index (χ3v) is 3.87. The lowest BCUT2D eigenvalue weighted by molar-refractivity contribution is 0.188. The Bertz CT molecular complexity index is 784. The van der Waals surface area contributed by atoms with Crippen LogP contribution in [0.1, 0.15) is 5.56 Å².